The standard InChI is InChI=1S/C18H27N/c1-19-18(12-11-14-7-5-6-8-14)17-13-16(17)15-9-3-2-4-10-15/h2-4,9-10,14,16-19H,5-8,11-13H2,1H3. The first-order chi connectivity index (χ1) is 9.38. The van der Waals surface area contributed by atoms with Crippen molar-refractivity contribution in [1.29, 1.82) is 0 Å². The van der Waals surface area contributed by atoms with Gasteiger partial charge in [0, 0.05) is 6.04 Å². The predicted molar refractivity (Wildman–Crippen MR) is 81.3 cm³/mol. The molecule has 1 heteroatoms. The molecule has 2 aliphatic carbocycles. The van der Waals surface area contributed by atoms with E-state index < -0.39 is 0 Å². The maximum absolute atomic E-state index is 3.59. The van der Waals surface area contributed by atoms with Crippen molar-refractivity contribution in [2.24, 2.45) is 11.8 Å². The van der Waals surface area contributed by atoms with Gasteiger partial charge in [-0.05, 0) is 49.6 Å². The van der Waals surface area contributed by atoms with E-state index >= 15 is 0 Å². The molecule has 3 unspecified atom stereocenters. The molecule has 0 aromatic heterocycles. The van der Waals surface area contributed by atoms with Crippen molar-refractivity contribution in [3.63, 3.8) is 0 Å². The molecule has 0 bridgehead atoms. The Morgan fingerprint density at radius 3 is 2.58 bits per heavy atom. The molecule has 2 fully saturated rings. The lowest BCUT2D eigenvalue weighted by molar-refractivity contribution is 0.391. The van der Waals surface area contributed by atoms with E-state index in [4.69, 9.17) is 0 Å². The minimum Gasteiger partial charge on any atom is -0.317 e. The third-order valence-corrected chi connectivity index (χ3v) is 5.32. The van der Waals surface area contributed by atoms with Gasteiger partial charge >= 0.3 is 0 Å². The summed E-state index contributed by atoms with van der Waals surface area (Å²) < 4.78 is 0. The summed E-state index contributed by atoms with van der Waals surface area (Å²) in [5.74, 6) is 2.74. The van der Waals surface area contributed by atoms with Crippen molar-refractivity contribution in [3.05, 3.63) is 35.9 Å². The van der Waals surface area contributed by atoms with Gasteiger partial charge in [-0.2, -0.15) is 0 Å². The summed E-state index contributed by atoms with van der Waals surface area (Å²) >= 11 is 0. The molecule has 0 radical (unpaired) electrons. The molecule has 1 aromatic carbocycles. The molecule has 0 spiro atoms. The van der Waals surface area contributed by atoms with Gasteiger partial charge in [0.25, 0.3) is 0 Å². The summed E-state index contributed by atoms with van der Waals surface area (Å²) in [4.78, 5) is 0. The van der Waals surface area contributed by atoms with Gasteiger partial charge in [0.15, 0.2) is 0 Å². The largest absolute Gasteiger partial charge is 0.317 e. The molecule has 1 N–H and O–H groups in total. The fourth-order valence-corrected chi connectivity index (χ4v) is 4.03. The summed E-state index contributed by atoms with van der Waals surface area (Å²) in [6.45, 7) is 0. The Bertz CT molecular complexity index is 380. The molecule has 1 nitrogen and oxygen atoms in total. The molecule has 1 aromatic rings. The zero-order valence-corrected chi connectivity index (χ0v) is 12.1. The monoisotopic (exact) mass is 257 g/mol. The number of hydrogen-bond acceptors (Lipinski definition) is 1. The van der Waals surface area contributed by atoms with E-state index in [1.54, 1.807) is 5.56 Å². The van der Waals surface area contributed by atoms with Crippen LogP contribution in [0, 0.1) is 11.8 Å². The van der Waals surface area contributed by atoms with Crippen LogP contribution < -0.4 is 5.32 Å². The molecule has 19 heavy (non-hydrogen) atoms. The SMILES string of the molecule is CNC(CCC1CCCC1)C1CC1c1ccccc1. The summed E-state index contributed by atoms with van der Waals surface area (Å²) in [5, 5.41) is 3.59. The van der Waals surface area contributed by atoms with Crippen LogP contribution in [0.25, 0.3) is 0 Å². The fourth-order valence-electron chi connectivity index (χ4n) is 4.03. The third-order valence-electron chi connectivity index (χ3n) is 5.32. The van der Waals surface area contributed by atoms with E-state index in [0.29, 0.717) is 0 Å². The predicted octanol–water partition coefficient (Wildman–Crippen LogP) is 4.35. The van der Waals surface area contributed by atoms with Crippen LogP contribution in [0.3, 0.4) is 0 Å². The Morgan fingerprint density at radius 2 is 1.89 bits per heavy atom. The summed E-state index contributed by atoms with van der Waals surface area (Å²) in [7, 11) is 2.15. The maximum Gasteiger partial charge on any atom is 0.00984 e. The van der Waals surface area contributed by atoms with E-state index in [9.17, 15) is 0 Å². The number of benzene rings is 1. The fraction of sp³-hybridized carbons (Fsp3) is 0.667. The first kappa shape index (κ1) is 13.2. The van der Waals surface area contributed by atoms with Crippen LogP contribution in [-0.2, 0) is 0 Å². The third kappa shape index (κ3) is 3.20. The van der Waals surface area contributed by atoms with E-state index in [1.165, 1.54) is 44.9 Å². The molecule has 2 saturated carbocycles. The highest BCUT2D eigenvalue weighted by Crippen LogP contribution is 2.50. The van der Waals surface area contributed by atoms with E-state index in [1.807, 2.05) is 0 Å². The molecule has 0 aliphatic heterocycles. The van der Waals surface area contributed by atoms with Crippen LogP contribution in [0.2, 0.25) is 0 Å². The second-order valence-electron chi connectivity index (χ2n) is 6.54. The van der Waals surface area contributed by atoms with Gasteiger partial charge in [0.2, 0.25) is 0 Å². The summed E-state index contributed by atoms with van der Waals surface area (Å²) in [5.41, 5.74) is 1.55. The Balaban J connectivity index is 1.50. The lowest BCUT2D eigenvalue weighted by atomic mass is 9.95. The Morgan fingerprint density at radius 1 is 1.16 bits per heavy atom. The van der Waals surface area contributed by atoms with E-state index in [2.05, 4.69) is 42.7 Å². The highest BCUT2D eigenvalue weighted by Gasteiger charge is 2.42. The lowest BCUT2D eigenvalue weighted by Gasteiger charge is -2.18. The molecule has 3 rings (SSSR count). The molecule has 0 saturated heterocycles. The minimum atomic E-state index is 0.741. The van der Waals surface area contributed by atoms with Gasteiger partial charge in [0.05, 0.1) is 0 Å². The molecule has 0 heterocycles. The zero-order chi connectivity index (χ0) is 13.1. The molecule has 0 amide bonds. The topological polar surface area (TPSA) is 12.0 Å². The van der Waals surface area contributed by atoms with Crippen molar-refractivity contribution in [3.8, 4) is 0 Å². The van der Waals surface area contributed by atoms with Crippen molar-refractivity contribution < 1.29 is 0 Å². The number of hydrogen-bond donors (Lipinski definition) is 1. The molecular weight excluding hydrogens is 230 g/mol. The van der Waals surface area contributed by atoms with Crippen LogP contribution in [0.15, 0.2) is 30.3 Å². The molecule has 2 aliphatic rings. The Kier molecular flexibility index (Phi) is 4.22. The van der Waals surface area contributed by atoms with Gasteiger partial charge in [-0.1, -0.05) is 56.0 Å². The first-order valence-corrected chi connectivity index (χ1v) is 8.10. The first-order valence-electron chi connectivity index (χ1n) is 8.10. The summed E-state index contributed by atoms with van der Waals surface area (Å²) in [6.07, 6.45) is 10.2. The van der Waals surface area contributed by atoms with Crippen molar-refractivity contribution in [1.82, 2.24) is 5.32 Å². The highest BCUT2D eigenvalue weighted by molar-refractivity contribution is 5.26. The molecular formula is C18H27N. The van der Waals surface area contributed by atoms with Crippen molar-refractivity contribution in [2.75, 3.05) is 7.05 Å². The highest BCUT2D eigenvalue weighted by atomic mass is 14.9. The number of rotatable bonds is 6. The van der Waals surface area contributed by atoms with Crippen molar-refractivity contribution in [2.45, 2.75) is 56.9 Å². The van der Waals surface area contributed by atoms with E-state index in [0.717, 1.165) is 23.8 Å². The van der Waals surface area contributed by atoms with Crippen LogP contribution in [0.1, 0.15) is 56.4 Å². The quantitative estimate of drug-likeness (QED) is 0.799. The molecule has 104 valence electrons. The van der Waals surface area contributed by atoms with Crippen LogP contribution in [0.5, 0.6) is 0 Å². The van der Waals surface area contributed by atoms with E-state index in [-0.39, 0.29) is 0 Å². The Labute approximate surface area is 117 Å². The molecule has 3 atom stereocenters. The van der Waals surface area contributed by atoms with Gasteiger partial charge in [-0.3, -0.25) is 0 Å². The second-order valence-corrected chi connectivity index (χ2v) is 6.54. The second kappa shape index (κ2) is 6.09. The van der Waals surface area contributed by atoms with Gasteiger partial charge in [-0.15, -0.1) is 0 Å². The number of nitrogens with one attached hydrogen (secondary N) is 1. The van der Waals surface area contributed by atoms with Gasteiger partial charge < -0.3 is 5.32 Å². The van der Waals surface area contributed by atoms with Crippen LogP contribution >= 0.6 is 0 Å². The zero-order valence-electron chi connectivity index (χ0n) is 12.1. The van der Waals surface area contributed by atoms with Crippen LogP contribution in [-0.4, -0.2) is 13.1 Å². The minimum absolute atomic E-state index is 0.741. The van der Waals surface area contributed by atoms with Crippen molar-refractivity contribution >= 4 is 0 Å². The average molecular weight is 257 g/mol. The van der Waals surface area contributed by atoms with Gasteiger partial charge in [0.1, 0.15) is 0 Å². The maximum atomic E-state index is 3.59. The normalized spacial score (nSPS) is 28.5. The van der Waals surface area contributed by atoms with Gasteiger partial charge in [-0.25, -0.2) is 0 Å². The summed E-state index contributed by atoms with van der Waals surface area (Å²) in [6, 6.07) is 11.8. The lowest BCUT2D eigenvalue weighted by Crippen LogP contribution is -2.28. The smallest absolute Gasteiger partial charge is 0.00984 e. The Hall–Kier alpha value is -0.820. The van der Waals surface area contributed by atoms with Crippen LogP contribution in [0.4, 0.5) is 0 Å². The average Bonchev–Trinajstić information content (AvgIpc) is 3.07.